The van der Waals surface area contributed by atoms with E-state index in [4.69, 9.17) is 29.3 Å². The maximum absolute atomic E-state index is 13.0. The number of rotatable bonds is 5. The molecule has 8 heteroatoms. The van der Waals surface area contributed by atoms with E-state index in [-0.39, 0.29) is 5.82 Å². The van der Waals surface area contributed by atoms with Crippen LogP contribution in [0.15, 0.2) is 36.4 Å². The minimum atomic E-state index is -1.82. The summed E-state index contributed by atoms with van der Waals surface area (Å²) in [5, 5.41) is 18.1. The van der Waals surface area contributed by atoms with Crippen LogP contribution in [-0.4, -0.2) is 36.4 Å². The minimum absolute atomic E-state index is 0.226. The molecule has 0 aromatic heterocycles. The van der Waals surface area contributed by atoms with Gasteiger partial charge in [0, 0.05) is 18.3 Å². The van der Waals surface area contributed by atoms with E-state index in [0.29, 0.717) is 6.54 Å². The molecule has 0 bridgehead atoms. The number of benzene rings is 2. The zero-order valence-electron chi connectivity index (χ0n) is 14.6. The SMILES string of the molecule is COc1cc(CNc2ccc(F)cc2C)cc(OC)c1.O=C(O)C(=O)O. The number of nitrogens with one attached hydrogen (secondary N) is 1. The summed E-state index contributed by atoms with van der Waals surface area (Å²) < 4.78 is 23.5. The number of carbonyl (C=O) groups is 2. The van der Waals surface area contributed by atoms with Gasteiger partial charge in [-0.3, -0.25) is 0 Å². The predicted octanol–water partition coefficient (Wildman–Crippen LogP) is 2.92. The summed E-state index contributed by atoms with van der Waals surface area (Å²) in [5.74, 6) is -2.38. The van der Waals surface area contributed by atoms with Gasteiger partial charge < -0.3 is 25.0 Å². The molecule has 0 atom stereocenters. The first-order chi connectivity index (χ1) is 12.3. The van der Waals surface area contributed by atoms with Crippen molar-refractivity contribution in [1.29, 1.82) is 0 Å². The van der Waals surface area contributed by atoms with Crippen molar-refractivity contribution in [1.82, 2.24) is 0 Å². The zero-order chi connectivity index (χ0) is 19.7. The molecular formula is C18H20FNO6. The van der Waals surface area contributed by atoms with Gasteiger partial charge in [-0.25, -0.2) is 14.0 Å². The summed E-state index contributed by atoms with van der Waals surface area (Å²) in [6, 6.07) is 10.4. The third-order valence-corrected chi connectivity index (χ3v) is 3.27. The van der Waals surface area contributed by atoms with E-state index >= 15 is 0 Å². The van der Waals surface area contributed by atoms with Crippen molar-refractivity contribution < 1.29 is 33.7 Å². The van der Waals surface area contributed by atoms with Gasteiger partial charge in [0.2, 0.25) is 0 Å². The van der Waals surface area contributed by atoms with E-state index in [1.54, 1.807) is 20.3 Å². The average Bonchev–Trinajstić information content (AvgIpc) is 2.61. The van der Waals surface area contributed by atoms with Gasteiger partial charge in [-0.2, -0.15) is 0 Å². The fourth-order valence-electron chi connectivity index (χ4n) is 1.99. The van der Waals surface area contributed by atoms with Crippen LogP contribution in [0.5, 0.6) is 11.5 Å². The second kappa shape index (κ2) is 9.87. The lowest BCUT2D eigenvalue weighted by Gasteiger charge is -2.12. The van der Waals surface area contributed by atoms with Crippen molar-refractivity contribution in [3.8, 4) is 11.5 Å². The first kappa shape index (κ1) is 20.8. The molecule has 0 spiro atoms. The fraction of sp³-hybridized carbons (Fsp3) is 0.222. The highest BCUT2D eigenvalue weighted by Crippen LogP contribution is 2.24. The van der Waals surface area contributed by atoms with Crippen molar-refractivity contribution >= 4 is 17.6 Å². The van der Waals surface area contributed by atoms with E-state index < -0.39 is 11.9 Å². The Morgan fingerprint density at radius 2 is 1.54 bits per heavy atom. The lowest BCUT2D eigenvalue weighted by atomic mass is 10.1. The van der Waals surface area contributed by atoms with Gasteiger partial charge in [0.15, 0.2) is 0 Å². The zero-order valence-corrected chi connectivity index (χ0v) is 14.6. The maximum Gasteiger partial charge on any atom is 0.414 e. The van der Waals surface area contributed by atoms with Crippen molar-refractivity contribution in [3.63, 3.8) is 0 Å². The Morgan fingerprint density at radius 3 is 1.96 bits per heavy atom. The number of carboxylic acid groups (broad SMARTS) is 2. The molecule has 0 radical (unpaired) electrons. The van der Waals surface area contributed by atoms with Gasteiger partial charge in [0.25, 0.3) is 0 Å². The highest BCUT2D eigenvalue weighted by Gasteiger charge is 2.04. The van der Waals surface area contributed by atoms with Crippen molar-refractivity contribution in [2.75, 3.05) is 19.5 Å². The van der Waals surface area contributed by atoms with Crippen LogP contribution in [0.25, 0.3) is 0 Å². The molecule has 0 amide bonds. The van der Waals surface area contributed by atoms with Crippen LogP contribution in [0.1, 0.15) is 11.1 Å². The lowest BCUT2D eigenvalue weighted by molar-refractivity contribution is -0.159. The summed E-state index contributed by atoms with van der Waals surface area (Å²) in [5.41, 5.74) is 2.82. The Labute approximate surface area is 150 Å². The van der Waals surface area contributed by atoms with Gasteiger partial charge in [-0.05, 0) is 48.4 Å². The van der Waals surface area contributed by atoms with E-state index in [0.717, 1.165) is 28.3 Å². The monoisotopic (exact) mass is 365 g/mol. The molecule has 0 unspecified atom stereocenters. The van der Waals surface area contributed by atoms with E-state index in [9.17, 15) is 4.39 Å². The minimum Gasteiger partial charge on any atom is -0.497 e. The van der Waals surface area contributed by atoms with Crippen LogP contribution >= 0.6 is 0 Å². The molecule has 0 aliphatic carbocycles. The number of ether oxygens (including phenoxy) is 2. The molecule has 0 heterocycles. The number of hydrogen-bond acceptors (Lipinski definition) is 5. The van der Waals surface area contributed by atoms with Gasteiger partial charge >= 0.3 is 11.9 Å². The smallest absolute Gasteiger partial charge is 0.414 e. The molecule has 0 aliphatic rings. The molecule has 2 rings (SSSR count). The number of methoxy groups -OCH3 is 2. The topological polar surface area (TPSA) is 105 Å². The third kappa shape index (κ3) is 6.68. The first-order valence-corrected chi connectivity index (χ1v) is 7.45. The van der Waals surface area contributed by atoms with Crippen LogP contribution in [0.3, 0.4) is 0 Å². The molecule has 2 aromatic carbocycles. The molecule has 140 valence electrons. The maximum atomic E-state index is 13.0. The first-order valence-electron chi connectivity index (χ1n) is 7.45. The number of halogens is 1. The average molecular weight is 365 g/mol. The molecule has 7 nitrogen and oxygen atoms in total. The summed E-state index contributed by atoms with van der Waals surface area (Å²) in [7, 11) is 3.24. The summed E-state index contributed by atoms with van der Waals surface area (Å²) in [6.07, 6.45) is 0. The lowest BCUT2D eigenvalue weighted by Crippen LogP contribution is -2.09. The number of aliphatic carboxylic acids is 2. The normalized spacial score (nSPS) is 9.54. The predicted molar refractivity (Wildman–Crippen MR) is 93.3 cm³/mol. The molecule has 26 heavy (non-hydrogen) atoms. The molecule has 0 saturated heterocycles. The second-order valence-corrected chi connectivity index (χ2v) is 5.14. The van der Waals surface area contributed by atoms with Crippen molar-refractivity contribution in [2.24, 2.45) is 0 Å². The molecule has 0 fully saturated rings. The molecule has 2 aromatic rings. The van der Waals surface area contributed by atoms with E-state index in [1.807, 2.05) is 25.1 Å². The Bertz CT molecular complexity index is 744. The summed E-state index contributed by atoms with van der Waals surface area (Å²) in [4.78, 5) is 18.2. The Balaban J connectivity index is 0.000000487. The van der Waals surface area contributed by atoms with Crippen LogP contribution < -0.4 is 14.8 Å². The molecule has 0 saturated carbocycles. The summed E-state index contributed by atoms with van der Waals surface area (Å²) >= 11 is 0. The number of carboxylic acids is 2. The Morgan fingerprint density at radius 1 is 1.00 bits per heavy atom. The van der Waals surface area contributed by atoms with Crippen LogP contribution in [0.2, 0.25) is 0 Å². The van der Waals surface area contributed by atoms with Gasteiger partial charge in [-0.15, -0.1) is 0 Å². The van der Waals surface area contributed by atoms with Crippen molar-refractivity contribution in [3.05, 3.63) is 53.3 Å². The van der Waals surface area contributed by atoms with E-state index in [1.165, 1.54) is 12.1 Å². The quantitative estimate of drug-likeness (QED) is 0.700. The van der Waals surface area contributed by atoms with Gasteiger partial charge in [0.05, 0.1) is 14.2 Å². The van der Waals surface area contributed by atoms with Gasteiger partial charge in [0.1, 0.15) is 17.3 Å². The highest BCUT2D eigenvalue weighted by atomic mass is 19.1. The molecular weight excluding hydrogens is 345 g/mol. The molecule has 0 aliphatic heterocycles. The Hall–Kier alpha value is -3.29. The Kier molecular flexibility index (Phi) is 7.88. The number of anilines is 1. The third-order valence-electron chi connectivity index (χ3n) is 3.27. The van der Waals surface area contributed by atoms with Crippen molar-refractivity contribution in [2.45, 2.75) is 13.5 Å². The fourth-order valence-corrected chi connectivity index (χ4v) is 1.99. The van der Waals surface area contributed by atoms with Crippen LogP contribution in [-0.2, 0) is 16.1 Å². The van der Waals surface area contributed by atoms with E-state index in [2.05, 4.69) is 5.32 Å². The van der Waals surface area contributed by atoms with Gasteiger partial charge in [-0.1, -0.05) is 0 Å². The van der Waals surface area contributed by atoms with Crippen LogP contribution in [0.4, 0.5) is 10.1 Å². The summed E-state index contributed by atoms with van der Waals surface area (Å²) in [6.45, 7) is 2.48. The number of aryl methyl sites for hydroxylation is 1. The van der Waals surface area contributed by atoms with Crippen LogP contribution in [0, 0.1) is 12.7 Å². The standard InChI is InChI=1S/C16H18FNO2.C2H2O4/c1-11-6-13(17)4-5-16(11)18-10-12-7-14(19-2)9-15(8-12)20-3;3-1(4)2(5)6/h4-9,18H,10H2,1-3H3;(H,3,4)(H,5,6). The number of hydrogen-bond donors (Lipinski definition) is 3. The largest absolute Gasteiger partial charge is 0.497 e. The second-order valence-electron chi connectivity index (χ2n) is 5.14. The molecule has 3 N–H and O–H groups in total. The highest BCUT2D eigenvalue weighted by molar-refractivity contribution is 6.27.